The lowest BCUT2D eigenvalue weighted by atomic mass is 10.1. The van der Waals surface area contributed by atoms with Crippen LogP contribution in [0.3, 0.4) is 0 Å². The molecule has 1 aromatic heterocycles. The number of hydrogen-bond acceptors (Lipinski definition) is 3. The minimum Gasteiger partial charge on any atom is -0.451 e. The summed E-state index contributed by atoms with van der Waals surface area (Å²) in [5.41, 5.74) is 5.07. The van der Waals surface area contributed by atoms with E-state index in [1.54, 1.807) is 24.3 Å². The van der Waals surface area contributed by atoms with Crippen LogP contribution < -0.4 is 10.9 Å². The Balaban J connectivity index is 1.65. The molecule has 0 spiro atoms. The van der Waals surface area contributed by atoms with Crippen LogP contribution in [-0.2, 0) is 0 Å². The van der Waals surface area contributed by atoms with Gasteiger partial charge in [-0.1, -0.05) is 23.7 Å². The predicted molar refractivity (Wildman–Crippen MR) is 90.5 cm³/mol. The Morgan fingerprint density at radius 1 is 0.880 bits per heavy atom. The maximum atomic E-state index is 13.7. The molecule has 0 atom stereocenters. The van der Waals surface area contributed by atoms with Gasteiger partial charge in [0.25, 0.3) is 5.91 Å². The zero-order valence-corrected chi connectivity index (χ0v) is 13.5. The third-order valence-corrected chi connectivity index (χ3v) is 3.62. The molecule has 5 nitrogen and oxygen atoms in total. The van der Waals surface area contributed by atoms with Crippen molar-refractivity contribution in [1.82, 2.24) is 10.9 Å². The van der Waals surface area contributed by atoms with Crippen LogP contribution in [0.15, 0.2) is 65.1 Å². The molecule has 2 amide bonds. The van der Waals surface area contributed by atoms with Gasteiger partial charge in [0.15, 0.2) is 5.76 Å². The van der Waals surface area contributed by atoms with E-state index in [0.717, 1.165) is 0 Å². The molecule has 7 heteroatoms. The summed E-state index contributed by atoms with van der Waals surface area (Å²) in [7, 11) is 0. The standard InChI is InChI=1S/C18H12ClFN2O3/c19-12-7-5-11(6-8-12)17(23)21-22-18(24)16-10-9-15(25-16)13-3-1-2-4-14(13)20/h1-10H,(H,21,23)(H,22,24). The largest absolute Gasteiger partial charge is 0.451 e. The van der Waals surface area contributed by atoms with Gasteiger partial charge in [-0.15, -0.1) is 0 Å². The smallest absolute Gasteiger partial charge is 0.305 e. The van der Waals surface area contributed by atoms with E-state index in [9.17, 15) is 14.0 Å². The van der Waals surface area contributed by atoms with E-state index in [-0.39, 0.29) is 17.1 Å². The number of benzene rings is 2. The number of halogens is 2. The number of rotatable bonds is 3. The second-order valence-corrected chi connectivity index (χ2v) is 5.50. The molecule has 0 unspecified atom stereocenters. The van der Waals surface area contributed by atoms with Crippen molar-refractivity contribution in [1.29, 1.82) is 0 Å². The summed E-state index contributed by atoms with van der Waals surface area (Å²) in [6.07, 6.45) is 0. The van der Waals surface area contributed by atoms with Crippen molar-refractivity contribution in [3.63, 3.8) is 0 Å². The van der Waals surface area contributed by atoms with Gasteiger partial charge < -0.3 is 4.42 Å². The third-order valence-electron chi connectivity index (χ3n) is 3.37. The molecular formula is C18H12ClFN2O3. The minimum atomic E-state index is -0.662. The van der Waals surface area contributed by atoms with Gasteiger partial charge in [-0.3, -0.25) is 20.4 Å². The molecule has 0 aliphatic rings. The fourth-order valence-electron chi connectivity index (χ4n) is 2.11. The van der Waals surface area contributed by atoms with Gasteiger partial charge in [-0.05, 0) is 48.5 Å². The third kappa shape index (κ3) is 3.87. The topological polar surface area (TPSA) is 71.3 Å². The van der Waals surface area contributed by atoms with Crippen molar-refractivity contribution in [3.05, 3.63) is 82.8 Å². The van der Waals surface area contributed by atoms with E-state index < -0.39 is 17.6 Å². The molecule has 0 radical (unpaired) electrons. The van der Waals surface area contributed by atoms with Crippen LogP contribution in [0.1, 0.15) is 20.9 Å². The number of amides is 2. The molecule has 0 saturated carbocycles. The second-order valence-electron chi connectivity index (χ2n) is 5.06. The first-order valence-electron chi connectivity index (χ1n) is 7.25. The zero-order chi connectivity index (χ0) is 17.8. The number of hydrazine groups is 1. The van der Waals surface area contributed by atoms with Gasteiger partial charge in [0, 0.05) is 10.6 Å². The van der Waals surface area contributed by atoms with Crippen molar-refractivity contribution >= 4 is 23.4 Å². The van der Waals surface area contributed by atoms with Crippen LogP contribution in [-0.4, -0.2) is 11.8 Å². The second kappa shape index (κ2) is 7.19. The lowest BCUT2D eigenvalue weighted by molar-refractivity contribution is 0.0831. The van der Waals surface area contributed by atoms with Crippen molar-refractivity contribution < 1.29 is 18.4 Å². The molecule has 0 aliphatic heterocycles. The molecule has 3 aromatic rings. The van der Waals surface area contributed by atoms with Gasteiger partial charge in [0.05, 0.1) is 5.56 Å². The molecule has 3 rings (SSSR count). The molecule has 2 aromatic carbocycles. The van der Waals surface area contributed by atoms with Gasteiger partial charge in [-0.25, -0.2) is 4.39 Å². The van der Waals surface area contributed by atoms with E-state index >= 15 is 0 Å². The summed E-state index contributed by atoms with van der Waals surface area (Å²) in [6.45, 7) is 0. The average molecular weight is 359 g/mol. The van der Waals surface area contributed by atoms with Crippen molar-refractivity contribution in [2.24, 2.45) is 0 Å². The Morgan fingerprint density at radius 2 is 1.56 bits per heavy atom. The SMILES string of the molecule is O=C(NNC(=O)c1ccc(-c2ccccc2F)o1)c1ccc(Cl)cc1. The van der Waals surface area contributed by atoms with Crippen LogP contribution >= 0.6 is 11.6 Å². The normalized spacial score (nSPS) is 10.3. The number of carbonyl (C=O) groups excluding carboxylic acids is 2. The highest BCUT2D eigenvalue weighted by Crippen LogP contribution is 2.24. The minimum absolute atomic E-state index is 0.0605. The molecule has 0 aliphatic carbocycles. The fraction of sp³-hybridized carbons (Fsp3) is 0. The molecule has 1 heterocycles. The molecule has 126 valence electrons. The van der Waals surface area contributed by atoms with Crippen LogP contribution in [0.25, 0.3) is 11.3 Å². The van der Waals surface area contributed by atoms with Crippen molar-refractivity contribution in [3.8, 4) is 11.3 Å². The van der Waals surface area contributed by atoms with Gasteiger partial charge >= 0.3 is 5.91 Å². The van der Waals surface area contributed by atoms with E-state index in [4.69, 9.17) is 16.0 Å². The quantitative estimate of drug-likeness (QED) is 0.699. The number of furan rings is 1. The van der Waals surface area contributed by atoms with Crippen molar-refractivity contribution in [2.45, 2.75) is 0 Å². The Morgan fingerprint density at radius 3 is 2.28 bits per heavy atom. The lowest BCUT2D eigenvalue weighted by Gasteiger charge is -2.06. The van der Waals surface area contributed by atoms with E-state index in [0.29, 0.717) is 10.6 Å². The monoisotopic (exact) mass is 358 g/mol. The highest BCUT2D eigenvalue weighted by molar-refractivity contribution is 6.30. The highest BCUT2D eigenvalue weighted by atomic mass is 35.5. The molecule has 0 bridgehead atoms. The fourth-order valence-corrected chi connectivity index (χ4v) is 2.24. The lowest BCUT2D eigenvalue weighted by Crippen LogP contribution is -2.41. The Bertz CT molecular complexity index is 922. The maximum Gasteiger partial charge on any atom is 0.305 e. The van der Waals surface area contributed by atoms with Crippen molar-refractivity contribution in [2.75, 3.05) is 0 Å². The van der Waals surface area contributed by atoms with Crippen LogP contribution in [0.5, 0.6) is 0 Å². The Labute approximate surface area is 147 Å². The molecule has 0 saturated heterocycles. The first kappa shape index (κ1) is 16.7. The van der Waals surface area contributed by atoms with Gasteiger partial charge in [-0.2, -0.15) is 0 Å². The van der Waals surface area contributed by atoms with Crippen LogP contribution in [0.4, 0.5) is 4.39 Å². The van der Waals surface area contributed by atoms with Crippen LogP contribution in [0, 0.1) is 5.82 Å². The molecule has 0 fully saturated rings. The van der Waals surface area contributed by atoms with E-state index in [1.807, 2.05) is 0 Å². The summed E-state index contributed by atoms with van der Waals surface area (Å²) in [5.74, 6) is -1.47. The Hall–Kier alpha value is -3.12. The summed E-state index contributed by atoms with van der Waals surface area (Å²) in [4.78, 5) is 23.9. The maximum absolute atomic E-state index is 13.7. The first-order valence-corrected chi connectivity index (χ1v) is 7.63. The summed E-state index contributed by atoms with van der Waals surface area (Å²) >= 11 is 5.75. The van der Waals surface area contributed by atoms with E-state index in [1.165, 1.54) is 36.4 Å². The average Bonchev–Trinajstić information content (AvgIpc) is 3.10. The van der Waals surface area contributed by atoms with Gasteiger partial charge in [0.1, 0.15) is 11.6 Å². The summed E-state index contributed by atoms with van der Waals surface area (Å²) in [5, 5.41) is 0.497. The molecular weight excluding hydrogens is 347 g/mol. The van der Waals surface area contributed by atoms with Crippen LogP contribution in [0.2, 0.25) is 5.02 Å². The number of nitrogens with one attached hydrogen (secondary N) is 2. The summed E-state index contributed by atoms with van der Waals surface area (Å²) in [6, 6.07) is 15.1. The van der Waals surface area contributed by atoms with Gasteiger partial charge in [0.2, 0.25) is 0 Å². The molecule has 25 heavy (non-hydrogen) atoms. The first-order chi connectivity index (χ1) is 12.0. The number of hydrogen-bond donors (Lipinski definition) is 2. The summed E-state index contributed by atoms with van der Waals surface area (Å²) < 4.78 is 19.1. The zero-order valence-electron chi connectivity index (χ0n) is 12.8. The molecule has 2 N–H and O–H groups in total. The highest BCUT2D eigenvalue weighted by Gasteiger charge is 2.15. The Kier molecular flexibility index (Phi) is 4.81. The predicted octanol–water partition coefficient (Wildman–Crippen LogP) is 3.81. The number of carbonyl (C=O) groups is 2. The van der Waals surface area contributed by atoms with E-state index in [2.05, 4.69) is 10.9 Å².